The molecule has 1 aliphatic heterocycles. The lowest BCUT2D eigenvalue weighted by Crippen LogP contribution is -2.35. The predicted octanol–water partition coefficient (Wildman–Crippen LogP) is 4.04. The van der Waals surface area contributed by atoms with E-state index in [1.807, 2.05) is 0 Å². The van der Waals surface area contributed by atoms with Crippen LogP contribution < -0.4 is 9.64 Å². The fraction of sp³-hybridized carbons (Fsp3) is 0.476. The average molecular weight is 421 g/mol. The van der Waals surface area contributed by atoms with Crippen LogP contribution >= 0.6 is 0 Å². The van der Waals surface area contributed by atoms with Gasteiger partial charge in [-0.05, 0) is 49.7 Å². The molecular weight excluding hydrogens is 399 g/mol. The van der Waals surface area contributed by atoms with E-state index in [1.165, 1.54) is 0 Å². The van der Waals surface area contributed by atoms with Crippen LogP contribution in [0.5, 0.6) is 5.88 Å². The molecule has 1 aromatic heterocycles. The van der Waals surface area contributed by atoms with Gasteiger partial charge in [0, 0.05) is 25.1 Å². The minimum absolute atomic E-state index is 0.00539. The second-order valence-corrected chi connectivity index (χ2v) is 7.92. The molecule has 9 heteroatoms. The molecule has 1 N–H and O–H groups in total. The molecule has 0 atom stereocenters. The van der Waals surface area contributed by atoms with E-state index >= 15 is 0 Å². The van der Waals surface area contributed by atoms with Crippen LogP contribution in [0.1, 0.15) is 32.1 Å². The molecule has 6 nitrogen and oxygen atoms in total. The molecule has 4 rings (SSSR count). The van der Waals surface area contributed by atoms with Crippen LogP contribution in [0.25, 0.3) is 11.4 Å². The van der Waals surface area contributed by atoms with Crippen LogP contribution in [-0.2, 0) is 4.79 Å². The first-order valence-corrected chi connectivity index (χ1v) is 10.0. The van der Waals surface area contributed by atoms with Crippen molar-refractivity contribution in [3.63, 3.8) is 0 Å². The summed E-state index contributed by atoms with van der Waals surface area (Å²) in [6, 6.07) is 2.25. The normalized spacial score (nSPS) is 17.2. The number of hydrogen-bond donors (Lipinski definition) is 1. The minimum atomic E-state index is -0.866. The van der Waals surface area contributed by atoms with Crippen molar-refractivity contribution < 1.29 is 27.8 Å². The molecule has 160 valence electrons. The highest BCUT2D eigenvalue weighted by molar-refractivity contribution is 5.67. The van der Waals surface area contributed by atoms with E-state index in [2.05, 4.69) is 9.97 Å². The van der Waals surface area contributed by atoms with Gasteiger partial charge in [0.25, 0.3) is 5.88 Å². The first-order valence-electron chi connectivity index (χ1n) is 10.0. The molecule has 0 bridgehead atoms. The number of carboxylic acids is 1. The maximum absolute atomic E-state index is 14.8. The largest absolute Gasteiger partial charge is 0.481 e. The van der Waals surface area contributed by atoms with Gasteiger partial charge < -0.3 is 14.7 Å². The van der Waals surface area contributed by atoms with Crippen molar-refractivity contribution in [1.29, 1.82) is 0 Å². The summed E-state index contributed by atoms with van der Waals surface area (Å²) in [5.41, 5.74) is -0.0642. The minimum Gasteiger partial charge on any atom is -0.481 e. The van der Waals surface area contributed by atoms with E-state index in [4.69, 9.17) is 9.84 Å². The molecule has 0 radical (unpaired) electrons. The molecule has 0 amide bonds. The Hall–Kier alpha value is -2.84. The van der Waals surface area contributed by atoms with E-state index in [0.717, 1.165) is 31.2 Å². The van der Waals surface area contributed by atoms with Crippen LogP contribution in [0.2, 0.25) is 0 Å². The van der Waals surface area contributed by atoms with Gasteiger partial charge in [0.2, 0.25) is 5.82 Å². The summed E-state index contributed by atoms with van der Waals surface area (Å²) in [4.78, 5) is 20.3. The summed E-state index contributed by atoms with van der Waals surface area (Å²) < 4.78 is 48.9. The zero-order valence-corrected chi connectivity index (χ0v) is 16.3. The maximum atomic E-state index is 14.8. The van der Waals surface area contributed by atoms with Crippen molar-refractivity contribution in [2.75, 3.05) is 24.6 Å². The lowest BCUT2D eigenvalue weighted by molar-refractivity contribution is -0.138. The van der Waals surface area contributed by atoms with Crippen molar-refractivity contribution in [2.45, 2.75) is 32.1 Å². The third-order valence-corrected chi connectivity index (χ3v) is 5.53. The van der Waals surface area contributed by atoms with E-state index in [9.17, 15) is 18.0 Å². The first kappa shape index (κ1) is 20.4. The number of carbonyl (C=O) groups is 1. The SMILES string of the molecule is O=C(O)CC1CCN(c2c(F)cc(-c3ncc(F)c(OCC4CC4)n3)cc2F)CC1. The lowest BCUT2D eigenvalue weighted by Gasteiger charge is -2.33. The summed E-state index contributed by atoms with van der Waals surface area (Å²) in [6.45, 7) is 1.10. The fourth-order valence-corrected chi connectivity index (χ4v) is 3.68. The van der Waals surface area contributed by atoms with Crippen molar-refractivity contribution >= 4 is 11.7 Å². The topological polar surface area (TPSA) is 75.5 Å². The van der Waals surface area contributed by atoms with Gasteiger partial charge in [-0.1, -0.05) is 0 Å². The Morgan fingerprint density at radius 1 is 1.07 bits per heavy atom. The van der Waals surface area contributed by atoms with Gasteiger partial charge in [-0.3, -0.25) is 4.79 Å². The zero-order chi connectivity index (χ0) is 21.3. The Balaban J connectivity index is 1.51. The molecule has 2 heterocycles. The zero-order valence-electron chi connectivity index (χ0n) is 16.3. The number of benzene rings is 1. The molecule has 1 aromatic carbocycles. The van der Waals surface area contributed by atoms with Crippen LogP contribution in [0.3, 0.4) is 0 Å². The fourth-order valence-electron chi connectivity index (χ4n) is 3.68. The number of nitrogens with zero attached hydrogens (tertiary/aromatic N) is 3. The quantitative estimate of drug-likeness (QED) is 0.727. The van der Waals surface area contributed by atoms with Crippen molar-refractivity contribution in [3.05, 3.63) is 35.8 Å². The van der Waals surface area contributed by atoms with Crippen LogP contribution in [0.15, 0.2) is 18.3 Å². The third kappa shape index (κ3) is 4.66. The number of hydrogen-bond acceptors (Lipinski definition) is 5. The molecule has 2 aliphatic rings. The van der Waals surface area contributed by atoms with Crippen molar-refractivity contribution in [3.8, 4) is 17.3 Å². The number of rotatable bonds is 7. The molecule has 1 saturated carbocycles. The molecule has 1 aliphatic carbocycles. The van der Waals surface area contributed by atoms with Gasteiger partial charge in [-0.15, -0.1) is 0 Å². The number of aromatic nitrogens is 2. The summed E-state index contributed by atoms with van der Waals surface area (Å²) in [5.74, 6) is -2.97. The van der Waals surface area contributed by atoms with Crippen molar-refractivity contribution in [1.82, 2.24) is 9.97 Å². The first-order chi connectivity index (χ1) is 14.4. The highest BCUT2D eigenvalue weighted by Crippen LogP contribution is 2.33. The molecule has 30 heavy (non-hydrogen) atoms. The Morgan fingerprint density at radius 3 is 2.33 bits per heavy atom. The average Bonchev–Trinajstić information content (AvgIpc) is 3.52. The van der Waals surface area contributed by atoms with Gasteiger partial charge in [0.15, 0.2) is 5.82 Å². The van der Waals surface area contributed by atoms with E-state index in [-0.39, 0.29) is 35.3 Å². The summed E-state index contributed by atoms with van der Waals surface area (Å²) in [6.07, 6.45) is 4.16. The highest BCUT2D eigenvalue weighted by atomic mass is 19.1. The van der Waals surface area contributed by atoms with E-state index in [0.29, 0.717) is 38.5 Å². The summed E-state index contributed by atoms with van der Waals surface area (Å²) in [5, 5.41) is 8.90. The molecule has 2 fully saturated rings. The summed E-state index contributed by atoms with van der Waals surface area (Å²) >= 11 is 0. The molecule has 2 aromatic rings. The van der Waals surface area contributed by atoms with Gasteiger partial charge in [-0.2, -0.15) is 9.37 Å². The third-order valence-electron chi connectivity index (χ3n) is 5.53. The number of carboxylic acid groups (broad SMARTS) is 1. The highest BCUT2D eigenvalue weighted by Gasteiger charge is 2.26. The monoisotopic (exact) mass is 421 g/mol. The van der Waals surface area contributed by atoms with Crippen LogP contribution in [0, 0.1) is 29.3 Å². The lowest BCUT2D eigenvalue weighted by atomic mass is 9.93. The predicted molar refractivity (Wildman–Crippen MR) is 103 cm³/mol. The van der Waals surface area contributed by atoms with Crippen molar-refractivity contribution in [2.24, 2.45) is 11.8 Å². The number of aliphatic carboxylic acids is 1. The second kappa shape index (κ2) is 8.49. The Labute approximate surface area is 171 Å². The van der Waals surface area contributed by atoms with Gasteiger partial charge in [0.1, 0.15) is 17.3 Å². The standard InChI is InChI=1S/C21H22F3N3O3/c22-15-8-14(20-25-10-17(24)21(26-20)30-11-13-1-2-13)9-16(23)19(15)27-5-3-12(4-6-27)7-18(28)29/h8-10,12-13H,1-7,11H2,(H,28,29). The smallest absolute Gasteiger partial charge is 0.303 e. The van der Waals surface area contributed by atoms with Gasteiger partial charge in [0.05, 0.1) is 12.8 Å². The Kier molecular flexibility index (Phi) is 5.78. The number of anilines is 1. The summed E-state index contributed by atoms with van der Waals surface area (Å²) in [7, 11) is 0. The molecule has 1 saturated heterocycles. The van der Waals surface area contributed by atoms with E-state index < -0.39 is 23.4 Å². The number of halogens is 3. The van der Waals surface area contributed by atoms with Gasteiger partial charge in [-0.25, -0.2) is 13.8 Å². The van der Waals surface area contributed by atoms with E-state index in [1.54, 1.807) is 4.90 Å². The molecule has 0 spiro atoms. The Bertz CT molecular complexity index is 921. The van der Waals surface area contributed by atoms with Crippen LogP contribution in [0.4, 0.5) is 18.9 Å². The van der Waals surface area contributed by atoms with Gasteiger partial charge >= 0.3 is 5.97 Å². The van der Waals surface area contributed by atoms with Crippen LogP contribution in [-0.4, -0.2) is 40.7 Å². The maximum Gasteiger partial charge on any atom is 0.303 e. The number of ether oxygens (including phenoxy) is 1. The second-order valence-electron chi connectivity index (χ2n) is 7.92. The molecular formula is C21H22F3N3O3. The Morgan fingerprint density at radius 2 is 1.73 bits per heavy atom. The molecule has 0 unspecified atom stereocenters. The number of piperidine rings is 1.